The van der Waals surface area contributed by atoms with Crippen LogP contribution in [0.5, 0.6) is 0 Å². The van der Waals surface area contributed by atoms with Crippen LogP contribution in [-0.2, 0) is 6.54 Å². The van der Waals surface area contributed by atoms with Crippen molar-refractivity contribution in [1.29, 1.82) is 0 Å². The molecular formula is C14H26N4O. The van der Waals surface area contributed by atoms with Gasteiger partial charge in [-0.25, -0.2) is 4.68 Å². The maximum Gasteiger partial charge on any atom is 0.268 e. The minimum Gasteiger partial charge on any atom is -0.373 e. The normalized spacial score (nSPS) is 10.7. The second-order valence-electron chi connectivity index (χ2n) is 4.75. The lowest BCUT2D eigenvalue weighted by molar-refractivity contribution is 0.515. The largest absolute Gasteiger partial charge is 0.373 e. The first-order valence-electron chi connectivity index (χ1n) is 7.18. The number of hydrogen-bond acceptors (Lipinski definition) is 4. The maximum absolute atomic E-state index is 11.9. The standard InChI is InChI=1S/C14H26N4O/c1-4-8-15-9-6-7-10-18-14(19)11-13(12-16-18)17(3)5-2/h11-12,15H,4-10H2,1-3H3. The molecule has 0 atom stereocenters. The molecule has 1 N–H and O–H groups in total. The molecule has 0 bridgehead atoms. The van der Waals surface area contributed by atoms with Crippen LogP contribution in [-0.4, -0.2) is 36.5 Å². The third kappa shape index (κ3) is 5.42. The average molecular weight is 266 g/mol. The van der Waals surface area contributed by atoms with Gasteiger partial charge in [0.05, 0.1) is 11.9 Å². The zero-order chi connectivity index (χ0) is 14.1. The molecule has 108 valence electrons. The van der Waals surface area contributed by atoms with Crippen LogP contribution in [0.3, 0.4) is 0 Å². The average Bonchev–Trinajstić information content (AvgIpc) is 2.43. The van der Waals surface area contributed by atoms with Crippen LogP contribution < -0.4 is 15.8 Å². The van der Waals surface area contributed by atoms with E-state index in [-0.39, 0.29) is 5.56 Å². The Morgan fingerprint density at radius 2 is 2.11 bits per heavy atom. The predicted molar refractivity (Wildman–Crippen MR) is 79.8 cm³/mol. The van der Waals surface area contributed by atoms with Gasteiger partial charge in [-0.3, -0.25) is 4.79 Å². The van der Waals surface area contributed by atoms with Gasteiger partial charge in [0.25, 0.3) is 5.56 Å². The Morgan fingerprint density at radius 3 is 2.74 bits per heavy atom. The lowest BCUT2D eigenvalue weighted by Gasteiger charge is -2.16. The highest BCUT2D eigenvalue weighted by atomic mass is 16.1. The highest BCUT2D eigenvalue weighted by molar-refractivity contribution is 5.41. The lowest BCUT2D eigenvalue weighted by atomic mass is 10.3. The fraction of sp³-hybridized carbons (Fsp3) is 0.714. The monoisotopic (exact) mass is 266 g/mol. The van der Waals surface area contributed by atoms with Crippen molar-refractivity contribution in [3.05, 3.63) is 22.6 Å². The topological polar surface area (TPSA) is 50.2 Å². The van der Waals surface area contributed by atoms with Gasteiger partial charge in [-0.15, -0.1) is 0 Å². The number of aryl methyl sites for hydroxylation is 1. The van der Waals surface area contributed by atoms with Crippen molar-refractivity contribution in [2.45, 2.75) is 39.7 Å². The van der Waals surface area contributed by atoms with E-state index in [1.54, 1.807) is 16.9 Å². The van der Waals surface area contributed by atoms with Gasteiger partial charge in [-0.1, -0.05) is 6.92 Å². The minimum absolute atomic E-state index is 0.0145. The van der Waals surface area contributed by atoms with Gasteiger partial charge >= 0.3 is 0 Å². The Morgan fingerprint density at radius 1 is 1.32 bits per heavy atom. The predicted octanol–water partition coefficient (Wildman–Crippen LogP) is 1.48. The molecule has 0 aliphatic carbocycles. The molecular weight excluding hydrogens is 240 g/mol. The molecule has 0 aliphatic rings. The number of hydrogen-bond donors (Lipinski definition) is 1. The van der Waals surface area contributed by atoms with Crippen LogP contribution in [0.25, 0.3) is 0 Å². The van der Waals surface area contributed by atoms with Gasteiger partial charge in [0.1, 0.15) is 0 Å². The minimum atomic E-state index is -0.0145. The summed E-state index contributed by atoms with van der Waals surface area (Å²) in [5.74, 6) is 0. The van der Waals surface area contributed by atoms with E-state index in [9.17, 15) is 4.79 Å². The molecule has 0 unspecified atom stereocenters. The summed E-state index contributed by atoms with van der Waals surface area (Å²) in [7, 11) is 1.96. The van der Waals surface area contributed by atoms with Crippen molar-refractivity contribution in [2.75, 3.05) is 31.6 Å². The van der Waals surface area contributed by atoms with Crippen LogP contribution in [0.4, 0.5) is 5.69 Å². The fourth-order valence-electron chi connectivity index (χ4n) is 1.80. The molecule has 0 spiro atoms. The van der Waals surface area contributed by atoms with E-state index in [0.717, 1.165) is 44.6 Å². The van der Waals surface area contributed by atoms with Gasteiger partial charge in [0.2, 0.25) is 0 Å². The van der Waals surface area contributed by atoms with Crippen molar-refractivity contribution < 1.29 is 0 Å². The molecule has 19 heavy (non-hydrogen) atoms. The molecule has 0 aromatic carbocycles. The third-order valence-corrected chi connectivity index (χ3v) is 3.17. The number of nitrogens with one attached hydrogen (secondary N) is 1. The quantitative estimate of drug-likeness (QED) is 0.688. The van der Waals surface area contributed by atoms with Gasteiger partial charge in [-0.05, 0) is 39.3 Å². The lowest BCUT2D eigenvalue weighted by Crippen LogP contribution is -2.26. The Labute approximate surface area is 115 Å². The molecule has 0 fully saturated rings. The zero-order valence-corrected chi connectivity index (χ0v) is 12.4. The summed E-state index contributed by atoms with van der Waals surface area (Å²) in [6.45, 7) is 7.85. The zero-order valence-electron chi connectivity index (χ0n) is 12.4. The Balaban J connectivity index is 2.40. The first-order valence-corrected chi connectivity index (χ1v) is 7.18. The SMILES string of the molecule is CCCNCCCCn1ncc(N(C)CC)cc1=O. The molecule has 5 heteroatoms. The van der Waals surface area contributed by atoms with E-state index in [0.29, 0.717) is 6.54 Å². The number of unbranched alkanes of at least 4 members (excludes halogenated alkanes) is 1. The Hall–Kier alpha value is -1.36. The second-order valence-corrected chi connectivity index (χ2v) is 4.75. The van der Waals surface area contributed by atoms with Gasteiger partial charge in [-0.2, -0.15) is 5.10 Å². The van der Waals surface area contributed by atoms with E-state index in [1.165, 1.54) is 0 Å². The van der Waals surface area contributed by atoms with E-state index in [4.69, 9.17) is 0 Å². The molecule has 0 radical (unpaired) electrons. The summed E-state index contributed by atoms with van der Waals surface area (Å²) in [6, 6.07) is 1.66. The molecule has 1 rings (SSSR count). The van der Waals surface area contributed by atoms with Gasteiger partial charge in [0.15, 0.2) is 0 Å². The molecule has 0 saturated heterocycles. The summed E-state index contributed by atoms with van der Waals surface area (Å²) in [6.07, 6.45) is 4.98. The molecule has 1 heterocycles. The maximum atomic E-state index is 11.9. The van der Waals surface area contributed by atoms with E-state index in [1.807, 2.05) is 11.9 Å². The van der Waals surface area contributed by atoms with Crippen molar-refractivity contribution in [3.63, 3.8) is 0 Å². The van der Waals surface area contributed by atoms with E-state index >= 15 is 0 Å². The van der Waals surface area contributed by atoms with E-state index < -0.39 is 0 Å². The van der Waals surface area contributed by atoms with Crippen LogP contribution in [0.2, 0.25) is 0 Å². The molecule has 5 nitrogen and oxygen atoms in total. The smallest absolute Gasteiger partial charge is 0.268 e. The van der Waals surface area contributed by atoms with Crippen molar-refractivity contribution in [3.8, 4) is 0 Å². The second kappa shape index (κ2) is 8.69. The Bertz CT molecular complexity index is 416. The summed E-state index contributed by atoms with van der Waals surface area (Å²) in [5.41, 5.74) is 0.868. The Kier molecular flexibility index (Phi) is 7.18. The van der Waals surface area contributed by atoms with Crippen LogP contribution in [0.15, 0.2) is 17.1 Å². The number of nitrogens with zero attached hydrogens (tertiary/aromatic N) is 3. The summed E-state index contributed by atoms with van der Waals surface area (Å²) >= 11 is 0. The fourth-order valence-corrected chi connectivity index (χ4v) is 1.80. The number of anilines is 1. The van der Waals surface area contributed by atoms with E-state index in [2.05, 4.69) is 24.3 Å². The number of rotatable bonds is 9. The summed E-state index contributed by atoms with van der Waals surface area (Å²) in [4.78, 5) is 13.9. The summed E-state index contributed by atoms with van der Waals surface area (Å²) in [5, 5.41) is 7.58. The van der Waals surface area contributed by atoms with Gasteiger partial charge < -0.3 is 10.2 Å². The molecule has 1 aromatic heterocycles. The summed E-state index contributed by atoms with van der Waals surface area (Å²) < 4.78 is 1.55. The van der Waals surface area contributed by atoms with Crippen molar-refractivity contribution >= 4 is 5.69 Å². The van der Waals surface area contributed by atoms with Crippen LogP contribution >= 0.6 is 0 Å². The van der Waals surface area contributed by atoms with Crippen LogP contribution in [0.1, 0.15) is 33.1 Å². The molecule has 1 aromatic rings. The number of aromatic nitrogens is 2. The van der Waals surface area contributed by atoms with Gasteiger partial charge in [0, 0.05) is 26.2 Å². The third-order valence-electron chi connectivity index (χ3n) is 3.17. The molecule has 0 aliphatic heterocycles. The molecule has 0 saturated carbocycles. The highest BCUT2D eigenvalue weighted by Crippen LogP contribution is 2.05. The van der Waals surface area contributed by atoms with Crippen molar-refractivity contribution in [2.24, 2.45) is 0 Å². The first-order chi connectivity index (χ1) is 9.19. The van der Waals surface area contributed by atoms with Crippen LogP contribution in [0, 0.1) is 0 Å². The van der Waals surface area contributed by atoms with Crippen molar-refractivity contribution in [1.82, 2.24) is 15.1 Å². The molecule has 0 amide bonds. The first kappa shape index (κ1) is 15.7. The highest BCUT2D eigenvalue weighted by Gasteiger charge is 2.02.